The lowest BCUT2D eigenvalue weighted by molar-refractivity contribution is -0.113. The van der Waals surface area contributed by atoms with Crippen LogP contribution in [0.15, 0.2) is 63.0 Å². The number of carbonyl (C=O) groups is 1. The van der Waals surface area contributed by atoms with Crippen molar-refractivity contribution in [2.45, 2.75) is 12.1 Å². The van der Waals surface area contributed by atoms with Crippen molar-refractivity contribution in [2.24, 2.45) is 0 Å². The predicted molar refractivity (Wildman–Crippen MR) is 118 cm³/mol. The molecule has 0 saturated carbocycles. The van der Waals surface area contributed by atoms with Crippen LogP contribution >= 0.6 is 35.0 Å². The van der Waals surface area contributed by atoms with Crippen molar-refractivity contribution in [3.05, 3.63) is 74.6 Å². The van der Waals surface area contributed by atoms with Gasteiger partial charge in [0.15, 0.2) is 5.16 Å². The highest BCUT2D eigenvalue weighted by atomic mass is 35.5. The molecule has 0 spiro atoms. The van der Waals surface area contributed by atoms with E-state index in [1.54, 1.807) is 55.5 Å². The van der Waals surface area contributed by atoms with Gasteiger partial charge in [-0.3, -0.25) is 19.5 Å². The zero-order chi connectivity index (χ0) is 21.3. The van der Waals surface area contributed by atoms with Gasteiger partial charge in [0.2, 0.25) is 11.8 Å². The summed E-state index contributed by atoms with van der Waals surface area (Å²) in [6.45, 7) is 1.75. The molecule has 7 nitrogen and oxygen atoms in total. The fourth-order valence-corrected chi connectivity index (χ4v) is 3.88. The molecule has 0 aliphatic carbocycles. The van der Waals surface area contributed by atoms with Gasteiger partial charge in [0.1, 0.15) is 0 Å². The van der Waals surface area contributed by atoms with E-state index in [1.165, 1.54) is 4.57 Å². The minimum Gasteiger partial charge on any atom is -0.338 e. The number of nitrogens with zero attached hydrogens (tertiary/aromatic N) is 3. The number of hydrogen-bond acceptors (Lipinski definition) is 6. The molecule has 152 valence electrons. The van der Waals surface area contributed by atoms with Gasteiger partial charge in [-0.05, 0) is 49.4 Å². The first-order valence-corrected chi connectivity index (χ1v) is 10.5. The van der Waals surface area contributed by atoms with Gasteiger partial charge in [0, 0.05) is 16.1 Å². The number of rotatable bonds is 5. The first-order valence-electron chi connectivity index (χ1n) is 8.75. The third-order valence-electron chi connectivity index (χ3n) is 4.11. The lowest BCUT2D eigenvalue weighted by Gasteiger charge is -2.13. The summed E-state index contributed by atoms with van der Waals surface area (Å²) >= 11 is 13.2. The Morgan fingerprint density at radius 3 is 2.57 bits per heavy atom. The van der Waals surface area contributed by atoms with Crippen molar-refractivity contribution in [3.8, 4) is 5.69 Å². The van der Waals surface area contributed by atoms with E-state index >= 15 is 0 Å². The molecule has 0 fully saturated rings. The van der Waals surface area contributed by atoms with E-state index in [-0.39, 0.29) is 23.1 Å². The number of benzene rings is 2. The molecule has 2 heterocycles. The highest BCUT2D eigenvalue weighted by Crippen LogP contribution is 2.24. The van der Waals surface area contributed by atoms with E-state index in [9.17, 15) is 9.59 Å². The second-order valence-corrected chi connectivity index (χ2v) is 8.16. The number of carbonyl (C=O) groups excluding carboxylic acids is 1. The van der Waals surface area contributed by atoms with Crippen LogP contribution < -0.4 is 10.9 Å². The molecule has 0 atom stereocenters. The second kappa shape index (κ2) is 8.51. The molecule has 0 unspecified atom stereocenters. The van der Waals surface area contributed by atoms with Gasteiger partial charge in [-0.15, -0.1) is 0 Å². The number of hydrogen-bond donors (Lipinski definition) is 1. The molecule has 4 aromatic rings. The summed E-state index contributed by atoms with van der Waals surface area (Å²) < 4.78 is 6.44. The summed E-state index contributed by atoms with van der Waals surface area (Å²) in [6.07, 6.45) is 0. The van der Waals surface area contributed by atoms with Gasteiger partial charge in [0.25, 0.3) is 5.56 Å². The van der Waals surface area contributed by atoms with Crippen molar-refractivity contribution in [3.63, 3.8) is 0 Å². The predicted octanol–water partition coefficient (Wildman–Crippen LogP) is 4.72. The zero-order valence-electron chi connectivity index (χ0n) is 15.6. The van der Waals surface area contributed by atoms with Crippen molar-refractivity contribution in [1.29, 1.82) is 0 Å². The summed E-state index contributed by atoms with van der Waals surface area (Å²) in [4.78, 5) is 30.1. The molecule has 0 aliphatic heterocycles. The van der Waals surface area contributed by atoms with Crippen LogP contribution in [0.25, 0.3) is 16.6 Å². The van der Waals surface area contributed by atoms with E-state index in [0.29, 0.717) is 37.5 Å². The quantitative estimate of drug-likeness (QED) is 0.342. The minimum absolute atomic E-state index is 0.00580. The molecule has 0 bridgehead atoms. The Morgan fingerprint density at radius 2 is 1.87 bits per heavy atom. The van der Waals surface area contributed by atoms with E-state index in [0.717, 1.165) is 11.8 Å². The van der Waals surface area contributed by atoms with E-state index in [2.05, 4.69) is 15.5 Å². The van der Waals surface area contributed by atoms with Crippen molar-refractivity contribution >= 4 is 57.7 Å². The molecule has 10 heteroatoms. The molecule has 30 heavy (non-hydrogen) atoms. The number of aryl methyl sites for hydroxylation is 1. The Labute approximate surface area is 185 Å². The zero-order valence-corrected chi connectivity index (χ0v) is 17.9. The van der Waals surface area contributed by atoms with Crippen molar-refractivity contribution < 1.29 is 9.32 Å². The average Bonchev–Trinajstić information content (AvgIpc) is 3.11. The van der Waals surface area contributed by atoms with E-state index in [4.69, 9.17) is 27.7 Å². The summed E-state index contributed by atoms with van der Waals surface area (Å²) in [7, 11) is 0. The number of thioether (sulfide) groups is 1. The molecular formula is C20H14Cl2N4O3S. The van der Waals surface area contributed by atoms with Crippen LogP contribution in [-0.2, 0) is 4.79 Å². The van der Waals surface area contributed by atoms with Crippen LogP contribution in [-0.4, -0.2) is 26.4 Å². The number of anilines is 1. The highest BCUT2D eigenvalue weighted by Gasteiger charge is 2.16. The molecule has 0 radical (unpaired) electrons. The molecular weight excluding hydrogens is 447 g/mol. The summed E-state index contributed by atoms with van der Waals surface area (Å²) in [6, 6.07) is 13.3. The van der Waals surface area contributed by atoms with Crippen LogP contribution in [0.2, 0.25) is 10.0 Å². The summed E-state index contributed by atoms with van der Waals surface area (Å²) in [5.41, 5.74) is 1.42. The minimum atomic E-state index is -0.320. The average molecular weight is 461 g/mol. The fourth-order valence-electron chi connectivity index (χ4n) is 2.78. The maximum Gasteiger partial charge on any atom is 0.266 e. The largest absolute Gasteiger partial charge is 0.338 e. The van der Waals surface area contributed by atoms with Gasteiger partial charge in [0.05, 0.1) is 28.0 Å². The van der Waals surface area contributed by atoms with Crippen molar-refractivity contribution in [2.75, 3.05) is 11.1 Å². The summed E-state index contributed by atoms with van der Waals surface area (Å²) in [5, 5.41) is 8.12. The number of halogens is 2. The first-order chi connectivity index (χ1) is 14.4. The van der Waals surface area contributed by atoms with Crippen LogP contribution in [0.4, 0.5) is 5.88 Å². The lowest BCUT2D eigenvalue weighted by atomic mass is 10.2. The molecule has 2 aromatic heterocycles. The highest BCUT2D eigenvalue weighted by molar-refractivity contribution is 7.99. The smallest absolute Gasteiger partial charge is 0.266 e. The molecule has 1 N–H and O–H groups in total. The Hall–Kier alpha value is -2.81. The number of aromatic nitrogens is 3. The van der Waals surface area contributed by atoms with Gasteiger partial charge < -0.3 is 4.52 Å². The third kappa shape index (κ3) is 4.35. The molecule has 0 aliphatic rings. The van der Waals surface area contributed by atoms with Crippen molar-refractivity contribution in [1.82, 2.24) is 14.7 Å². The Bertz CT molecular complexity index is 1300. The normalized spacial score (nSPS) is 11.0. The van der Waals surface area contributed by atoms with Crippen LogP contribution in [0, 0.1) is 6.92 Å². The van der Waals surface area contributed by atoms with Gasteiger partial charge in [-0.25, -0.2) is 4.98 Å². The second-order valence-electron chi connectivity index (χ2n) is 6.34. The lowest BCUT2D eigenvalue weighted by Crippen LogP contribution is -2.23. The molecule has 2 aromatic carbocycles. The number of nitrogens with one attached hydrogen (secondary N) is 1. The number of fused-ring (bicyclic) bond motifs is 1. The van der Waals surface area contributed by atoms with Crippen LogP contribution in [0.5, 0.6) is 0 Å². The SMILES string of the molecule is Cc1cc(NC(=O)CSc2nc3cc(Cl)ccc3c(=O)n2-c2ccc(Cl)cc2)on1. The topological polar surface area (TPSA) is 90.0 Å². The standard InChI is InChI=1S/C20H14Cl2N4O3S/c1-11-8-18(29-25-11)24-17(27)10-30-20-23-16-9-13(22)4-7-15(16)19(28)26(20)14-5-2-12(21)3-6-14/h2-9H,10H2,1H3,(H,24,27). The first kappa shape index (κ1) is 20.5. The summed E-state index contributed by atoms with van der Waals surface area (Å²) in [5.74, 6) is -0.0584. The van der Waals surface area contributed by atoms with Gasteiger partial charge in [-0.1, -0.05) is 40.1 Å². The van der Waals surface area contributed by atoms with E-state index < -0.39 is 0 Å². The van der Waals surface area contributed by atoms with Gasteiger partial charge >= 0.3 is 0 Å². The van der Waals surface area contributed by atoms with Crippen LogP contribution in [0.3, 0.4) is 0 Å². The molecule has 4 rings (SSSR count). The maximum atomic E-state index is 13.2. The monoisotopic (exact) mass is 460 g/mol. The molecule has 0 saturated heterocycles. The Kier molecular flexibility index (Phi) is 5.80. The number of amides is 1. The van der Waals surface area contributed by atoms with Crippen LogP contribution in [0.1, 0.15) is 5.69 Å². The maximum absolute atomic E-state index is 13.2. The fraction of sp³-hybridized carbons (Fsp3) is 0.100. The third-order valence-corrected chi connectivity index (χ3v) is 5.53. The molecule has 1 amide bonds. The van der Waals surface area contributed by atoms with Gasteiger partial charge in [-0.2, -0.15) is 0 Å². The Morgan fingerprint density at radius 1 is 1.13 bits per heavy atom. The Balaban J connectivity index is 1.71. The van der Waals surface area contributed by atoms with E-state index in [1.807, 2.05) is 0 Å².